The number of fused-ring (bicyclic) bond motifs is 3. The average Bonchev–Trinajstić information content (AvgIpc) is 3.86. The number of allylic oxidation sites excluding steroid dienone is 4. The summed E-state index contributed by atoms with van der Waals surface area (Å²) < 4.78 is 3.34. The van der Waals surface area contributed by atoms with Crippen LogP contribution in [0.2, 0.25) is 10.0 Å². The molecule has 0 saturated carbocycles. The van der Waals surface area contributed by atoms with Crippen molar-refractivity contribution in [1.82, 2.24) is 0 Å². The topological polar surface area (TPSA) is 0 Å². The maximum absolute atomic E-state index is 5.52. The van der Waals surface area contributed by atoms with Crippen molar-refractivity contribution in [3.63, 3.8) is 0 Å². The summed E-state index contributed by atoms with van der Waals surface area (Å²) in [4.78, 5) is 0. The molecule has 0 bridgehead atoms. The molecule has 0 N–H and O–H groups in total. The molecule has 68 heavy (non-hydrogen) atoms. The zero-order valence-corrected chi connectivity index (χ0v) is 49.2. The maximum atomic E-state index is 5.52. The molecule has 0 fully saturated rings. The fraction of sp³-hybridized carbons (Fsp3) is 0.349. The van der Waals surface area contributed by atoms with Crippen LogP contribution in [0.5, 0.6) is 0 Å². The zero-order chi connectivity index (χ0) is 49.3. The van der Waals surface area contributed by atoms with Crippen molar-refractivity contribution in [2.24, 2.45) is 11.3 Å². The van der Waals surface area contributed by atoms with E-state index in [0.29, 0.717) is 11.3 Å². The summed E-state index contributed by atoms with van der Waals surface area (Å²) in [5, 5.41) is 1.53. The van der Waals surface area contributed by atoms with E-state index in [4.69, 9.17) is 23.2 Å². The fourth-order valence-electron chi connectivity index (χ4n) is 8.94. The molecule has 0 aromatic heterocycles. The third kappa shape index (κ3) is 16.1. The van der Waals surface area contributed by atoms with E-state index >= 15 is 0 Å². The number of halogens is 4. The van der Waals surface area contributed by atoms with Gasteiger partial charge in [-0.05, 0) is 92.2 Å². The first-order valence-corrected chi connectivity index (χ1v) is 25.7. The van der Waals surface area contributed by atoms with E-state index in [2.05, 4.69) is 194 Å². The average molecular weight is 1060 g/mol. The second-order valence-corrected chi connectivity index (χ2v) is 21.7. The molecule has 6 aromatic rings. The molecule has 6 aromatic carbocycles. The quantitative estimate of drug-likeness (QED) is 0.155. The van der Waals surface area contributed by atoms with Crippen molar-refractivity contribution in [2.45, 2.75) is 134 Å². The van der Waals surface area contributed by atoms with Gasteiger partial charge < -0.3 is 0 Å². The van der Waals surface area contributed by atoms with Crippen molar-refractivity contribution in [3.8, 4) is 33.4 Å². The van der Waals surface area contributed by atoms with Crippen LogP contribution in [-0.2, 0) is 41.5 Å². The predicted octanol–water partition coefficient (Wildman–Crippen LogP) is 19.3. The van der Waals surface area contributed by atoms with Gasteiger partial charge in [-0.15, -0.1) is 76.8 Å². The summed E-state index contributed by atoms with van der Waals surface area (Å²) in [5.74, 6) is 0.573. The van der Waals surface area contributed by atoms with Crippen LogP contribution in [0.1, 0.15) is 131 Å². The predicted molar refractivity (Wildman–Crippen MR) is 302 cm³/mol. The summed E-state index contributed by atoms with van der Waals surface area (Å²) in [5.41, 5.74) is 23.6. The molecule has 0 aliphatic heterocycles. The van der Waals surface area contributed by atoms with E-state index in [1.165, 1.54) is 125 Å². The molecular weight excluding hydrogens is 990 g/mol. The van der Waals surface area contributed by atoms with Crippen LogP contribution in [0.25, 0.3) is 33.4 Å². The minimum atomic E-state index is 0. The van der Waals surface area contributed by atoms with Crippen LogP contribution in [0.15, 0.2) is 109 Å². The summed E-state index contributed by atoms with van der Waals surface area (Å²) in [7, 11) is 0. The van der Waals surface area contributed by atoms with Crippen molar-refractivity contribution in [1.29, 1.82) is 0 Å². The van der Waals surface area contributed by atoms with Gasteiger partial charge >= 0.3 is 28.4 Å². The summed E-state index contributed by atoms with van der Waals surface area (Å²) in [6.07, 6.45) is 9.94. The molecule has 0 amide bonds. The normalized spacial score (nSPS) is 13.2. The zero-order valence-electron chi connectivity index (χ0n) is 43.6. The molecule has 1 unspecified atom stereocenters. The second kappa shape index (κ2) is 26.2. The Bertz CT molecular complexity index is 2440. The van der Waals surface area contributed by atoms with Gasteiger partial charge in [0, 0.05) is 0 Å². The Morgan fingerprint density at radius 1 is 0.574 bits per heavy atom. The number of hydrogen-bond acceptors (Lipinski definition) is 0. The first-order valence-electron chi connectivity index (χ1n) is 23.2. The van der Waals surface area contributed by atoms with E-state index in [0.717, 1.165) is 16.5 Å². The van der Waals surface area contributed by atoms with Gasteiger partial charge in [0.1, 0.15) is 0 Å². The van der Waals surface area contributed by atoms with Gasteiger partial charge in [0.2, 0.25) is 0 Å². The first kappa shape index (κ1) is 60.8. The fourth-order valence-corrected chi connectivity index (χ4v) is 9.19. The molecule has 0 saturated heterocycles. The molecule has 0 heterocycles. The Labute approximate surface area is 450 Å². The van der Waals surface area contributed by atoms with Gasteiger partial charge in [-0.1, -0.05) is 172 Å². The van der Waals surface area contributed by atoms with E-state index in [1.54, 1.807) is 48.5 Å². The summed E-state index contributed by atoms with van der Waals surface area (Å²) in [6.45, 7) is 36.5. The monoisotopic (exact) mass is 1060 g/mol. The Morgan fingerprint density at radius 3 is 1.35 bits per heavy atom. The molecule has 362 valence electrons. The van der Waals surface area contributed by atoms with Crippen molar-refractivity contribution >= 4 is 52.2 Å². The molecule has 0 radical (unpaired) electrons. The number of benzene rings is 6. The third-order valence-electron chi connectivity index (χ3n) is 12.0. The van der Waals surface area contributed by atoms with Crippen molar-refractivity contribution < 1.29 is 24.2 Å². The number of hydrogen-bond donors (Lipinski definition) is 0. The Hall–Kier alpha value is -3.29. The van der Waals surface area contributed by atoms with Crippen LogP contribution >= 0.6 is 48.0 Å². The van der Waals surface area contributed by atoms with Crippen molar-refractivity contribution in [3.05, 3.63) is 199 Å². The standard InChI is InChI=1S/C39H45.C11H17.2C6H4Cl.CH2.2ClH.Zr/c1-22-13-24(3)36(25(4)14-22)32-18-28-17-29-19-33(37-26(5)15-23(2)16-27(37)6)35(39(10,11)12)21-31(29)30(28)20-34(32)38(7,8)9;1-5-9-6-7-10(8-9)11(2,3)4;2*7-6-4-2-1-3-5-6;;;;/h13-16,18,20-21H,17H2,1-12H3;7-9H,5H2,1-4H3;2*2-5H;1H2;2*1H;/q4*-1;;;;. The van der Waals surface area contributed by atoms with Crippen LogP contribution in [0.4, 0.5) is 0 Å². The minimum absolute atomic E-state index is 0. The summed E-state index contributed by atoms with van der Waals surface area (Å²) >= 11 is 12.3. The Morgan fingerprint density at radius 2 is 1.00 bits per heavy atom. The molecular formula is C63H74Cl4Zr-4. The molecule has 2 aliphatic carbocycles. The van der Waals surface area contributed by atoms with Crippen LogP contribution < -0.4 is 0 Å². The number of aryl methyl sites for hydroxylation is 6. The Kier molecular flexibility index (Phi) is 23.5. The van der Waals surface area contributed by atoms with Gasteiger partial charge in [0.05, 0.1) is 0 Å². The van der Waals surface area contributed by atoms with E-state index in [-0.39, 0.29) is 35.6 Å². The summed E-state index contributed by atoms with van der Waals surface area (Å²) in [6, 6.07) is 40.8. The molecule has 0 spiro atoms. The van der Waals surface area contributed by atoms with E-state index < -0.39 is 0 Å². The van der Waals surface area contributed by atoms with Gasteiger partial charge in [-0.2, -0.15) is 72.3 Å². The van der Waals surface area contributed by atoms with Crippen LogP contribution in [-0.4, -0.2) is 4.21 Å². The van der Waals surface area contributed by atoms with Gasteiger partial charge in [-0.3, -0.25) is 6.08 Å². The molecule has 5 heteroatoms. The van der Waals surface area contributed by atoms with Gasteiger partial charge in [-0.25, -0.2) is 6.08 Å². The number of rotatable bonds is 3. The molecule has 8 rings (SSSR count). The van der Waals surface area contributed by atoms with E-state index in [1.807, 2.05) is 0 Å². The van der Waals surface area contributed by atoms with Gasteiger partial charge in [0.25, 0.3) is 0 Å². The van der Waals surface area contributed by atoms with Crippen molar-refractivity contribution in [2.75, 3.05) is 0 Å². The third-order valence-corrected chi connectivity index (χ3v) is 12.5. The van der Waals surface area contributed by atoms with E-state index in [9.17, 15) is 0 Å². The molecule has 2 aliphatic rings. The molecule has 1 atom stereocenters. The molecule has 0 nitrogen and oxygen atoms in total. The SMILES string of the molecule is CCC1[C-]=CC(C(C)(C)C)=C1.Cc1cc(C)c(-c2[c-]c3c(cc2C(C)(C)C)-c2cc(C(C)(C)C)c(-c4c(C)cc(C)cc4C)cc2C3)c(C)c1.Cl.Cl.Clc1cc[c-]cc1.Clc1cc[c-]cc1.[CH2]=[Zr]. The van der Waals surface area contributed by atoms with Gasteiger partial charge in [0.15, 0.2) is 0 Å². The second-order valence-electron chi connectivity index (χ2n) is 20.9. The van der Waals surface area contributed by atoms with Crippen LogP contribution in [0.3, 0.4) is 0 Å². The first-order chi connectivity index (χ1) is 30.9. The van der Waals surface area contributed by atoms with Crippen LogP contribution in [0, 0.1) is 77.2 Å². The Balaban J connectivity index is 0.000000442.